The van der Waals surface area contributed by atoms with E-state index in [0.29, 0.717) is 0 Å². The van der Waals surface area contributed by atoms with E-state index >= 15 is 0 Å². The molecule has 0 saturated heterocycles. The number of carbonyl (C=O) groups is 1. The number of aryl methyl sites for hydroxylation is 1. The molecule has 0 aromatic heterocycles. The SMILES string of the molecule is CCCc1ccc(N[C@@H](C)C(=O)Nc2ccc(F)c(F)c2)cc1. The summed E-state index contributed by atoms with van der Waals surface area (Å²) in [5, 5.41) is 5.63. The molecular formula is C18H20F2N2O. The Bertz CT molecular complexity index is 671. The first-order valence-electron chi connectivity index (χ1n) is 7.61. The minimum absolute atomic E-state index is 0.223. The van der Waals surface area contributed by atoms with Gasteiger partial charge in [0.1, 0.15) is 6.04 Å². The van der Waals surface area contributed by atoms with Gasteiger partial charge in [-0.25, -0.2) is 8.78 Å². The first-order valence-corrected chi connectivity index (χ1v) is 7.61. The lowest BCUT2D eigenvalue weighted by molar-refractivity contribution is -0.116. The fourth-order valence-electron chi connectivity index (χ4n) is 2.20. The Morgan fingerprint density at radius 2 is 1.70 bits per heavy atom. The molecule has 0 radical (unpaired) electrons. The number of anilines is 2. The van der Waals surface area contributed by atoms with E-state index in [-0.39, 0.29) is 11.6 Å². The lowest BCUT2D eigenvalue weighted by Gasteiger charge is -2.15. The Morgan fingerprint density at radius 1 is 1.04 bits per heavy atom. The van der Waals surface area contributed by atoms with Gasteiger partial charge in [-0.1, -0.05) is 25.5 Å². The van der Waals surface area contributed by atoms with Crippen molar-refractivity contribution in [1.29, 1.82) is 0 Å². The average molecular weight is 318 g/mol. The number of hydrogen-bond donors (Lipinski definition) is 2. The maximum atomic E-state index is 13.1. The van der Waals surface area contributed by atoms with Gasteiger partial charge in [0, 0.05) is 17.4 Å². The molecule has 1 amide bonds. The lowest BCUT2D eigenvalue weighted by Crippen LogP contribution is -2.31. The van der Waals surface area contributed by atoms with Gasteiger partial charge in [0.25, 0.3) is 0 Å². The van der Waals surface area contributed by atoms with E-state index in [4.69, 9.17) is 0 Å². The van der Waals surface area contributed by atoms with Gasteiger partial charge in [0.05, 0.1) is 0 Å². The molecule has 0 bridgehead atoms. The summed E-state index contributed by atoms with van der Waals surface area (Å²) < 4.78 is 26.0. The van der Waals surface area contributed by atoms with E-state index in [2.05, 4.69) is 17.6 Å². The van der Waals surface area contributed by atoms with Gasteiger partial charge in [-0.2, -0.15) is 0 Å². The summed E-state index contributed by atoms with van der Waals surface area (Å²) in [4.78, 5) is 12.1. The molecule has 0 aliphatic heterocycles. The molecule has 2 rings (SSSR count). The van der Waals surface area contributed by atoms with Crippen LogP contribution in [0.3, 0.4) is 0 Å². The van der Waals surface area contributed by atoms with Crippen molar-refractivity contribution in [3.63, 3.8) is 0 Å². The number of nitrogens with one attached hydrogen (secondary N) is 2. The molecule has 0 heterocycles. The van der Waals surface area contributed by atoms with Gasteiger partial charge in [0.15, 0.2) is 11.6 Å². The minimum atomic E-state index is -0.991. The molecule has 0 aliphatic rings. The lowest BCUT2D eigenvalue weighted by atomic mass is 10.1. The molecule has 122 valence electrons. The van der Waals surface area contributed by atoms with Gasteiger partial charge in [0.2, 0.25) is 5.91 Å². The van der Waals surface area contributed by atoms with Crippen LogP contribution in [0.1, 0.15) is 25.8 Å². The fourth-order valence-corrected chi connectivity index (χ4v) is 2.20. The van der Waals surface area contributed by atoms with Crippen LogP contribution in [0.25, 0.3) is 0 Å². The molecule has 2 aromatic carbocycles. The van der Waals surface area contributed by atoms with Crippen LogP contribution in [0.2, 0.25) is 0 Å². The zero-order chi connectivity index (χ0) is 16.8. The normalized spacial score (nSPS) is 11.8. The third-order valence-corrected chi connectivity index (χ3v) is 3.46. The Morgan fingerprint density at radius 3 is 2.30 bits per heavy atom. The third kappa shape index (κ3) is 4.77. The standard InChI is InChI=1S/C18H20F2N2O/c1-3-4-13-5-7-14(8-6-13)21-12(2)18(23)22-15-9-10-16(19)17(20)11-15/h5-12,21H,3-4H2,1-2H3,(H,22,23)/t12-/m0/s1. The number of halogens is 2. The zero-order valence-electron chi connectivity index (χ0n) is 13.2. The van der Waals surface area contributed by atoms with Crippen LogP contribution in [-0.2, 0) is 11.2 Å². The number of hydrogen-bond acceptors (Lipinski definition) is 2. The average Bonchev–Trinajstić information content (AvgIpc) is 2.53. The summed E-state index contributed by atoms with van der Waals surface area (Å²) in [6.07, 6.45) is 2.10. The van der Waals surface area contributed by atoms with Gasteiger partial charge < -0.3 is 10.6 Å². The van der Waals surface area contributed by atoms with E-state index in [1.807, 2.05) is 24.3 Å². The smallest absolute Gasteiger partial charge is 0.246 e. The molecule has 23 heavy (non-hydrogen) atoms. The van der Waals surface area contributed by atoms with Crippen molar-refractivity contribution in [2.75, 3.05) is 10.6 Å². The summed E-state index contributed by atoms with van der Waals surface area (Å²) in [5.41, 5.74) is 2.30. The molecule has 5 heteroatoms. The van der Waals surface area contributed by atoms with Crippen LogP contribution in [-0.4, -0.2) is 11.9 Å². The molecule has 1 atom stereocenters. The Hall–Kier alpha value is -2.43. The highest BCUT2D eigenvalue weighted by Gasteiger charge is 2.13. The molecule has 0 unspecified atom stereocenters. The topological polar surface area (TPSA) is 41.1 Å². The second kappa shape index (κ2) is 7.72. The summed E-state index contributed by atoms with van der Waals surface area (Å²) in [7, 11) is 0. The fraction of sp³-hybridized carbons (Fsp3) is 0.278. The molecule has 3 nitrogen and oxygen atoms in total. The highest BCUT2D eigenvalue weighted by atomic mass is 19.2. The van der Waals surface area contributed by atoms with Crippen LogP contribution < -0.4 is 10.6 Å². The van der Waals surface area contributed by atoms with Crippen LogP contribution in [0.15, 0.2) is 42.5 Å². The summed E-state index contributed by atoms with van der Waals surface area (Å²) in [5.74, 6) is -2.26. The van der Waals surface area contributed by atoms with Gasteiger partial charge in [-0.05, 0) is 43.2 Å². The van der Waals surface area contributed by atoms with Gasteiger partial charge >= 0.3 is 0 Å². The van der Waals surface area contributed by atoms with E-state index in [0.717, 1.165) is 30.7 Å². The Kier molecular flexibility index (Phi) is 5.68. The molecule has 2 N–H and O–H groups in total. The number of amides is 1. The predicted molar refractivity (Wildman–Crippen MR) is 88.5 cm³/mol. The van der Waals surface area contributed by atoms with E-state index in [9.17, 15) is 13.6 Å². The van der Waals surface area contributed by atoms with E-state index in [1.54, 1.807) is 6.92 Å². The van der Waals surface area contributed by atoms with Crippen molar-refractivity contribution < 1.29 is 13.6 Å². The monoisotopic (exact) mass is 318 g/mol. The van der Waals surface area contributed by atoms with E-state index in [1.165, 1.54) is 11.6 Å². The van der Waals surface area contributed by atoms with Crippen LogP contribution in [0.5, 0.6) is 0 Å². The van der Waals surface area contributed by atoms with Crippen LogP contribution in [0, 0.1) is 11.6 Å². The van der Waals surface area contributed by atoms with Crippen molar-refractivity contribution in [3.05, 3.63) is 59.7 Å². The van der Waals surface area contributed by atoms with Crippen molar-refractivity contribution in [2.45, 2.75) is 32.7 Å². The molecule has 0 spiro atoms. The Balaban J connectivity index is 1.95. The summed E-state index contributed by atoms with van der Waals surface area (Å²) >= 11 is 0. The maximum absolute atomic E-state index is 13.1. The molecule has 0 fully saturated rings. The summed E-state index contributed by atoms with van der Waals surface area (Å²) in [6, 6.07) is 10.6. The quantitative estimate of drug-likeness (QED) is 0.831. The first-order chi connectivity index (χ1) is 11.0. The third-order valence-electron chi connectivity index (χ3n) is 3.46. The maximum Gasteiger partial charge on any atom is 0.246 e. The largest absolute Gasteiger partial charge is 0.374 e. The highest BCUT2D eigenvalue weighted by molar-refractivity contribution is 5.96. The zero-order valence-corrected chi connectivity index (χ0v) is 13.2. The molecule has 0 aliphatic carbocycles. The first kappa shape index (κ1) is 16.9. The number of benzene rings is 2. The van der Waals surface area contributed by atoms with E-state index < -0.39 is 17.7 Å². The predicted octanol–water partition coefficient (Wildman–Crippen LogP) is 4.36. The van der Waals surface area contributed by atoms with Crippen molar-refractivity contribution in [2.24, 2.45) is 0 Å². The molecule has 2 aromatic rings. The van der Waals surface area contributed by atoms with Crippen LogP contribution >= 0.6 is 0 Å². The number of carbonyl (C=O) groups excluding carboxylic acids is 1. The molecular weight excluding hydrogens is 298 g/mol. The summed E-state index contributed by atoms with van der Waals surface area (Å²) in [6.45, 7) is 3.83. The van der Waals surface area contributed by atoms with Gasteiger partial charge in [-0.15, -0.1) is 0 Å². The molecule has 0 saturated carbocycles. The van der Waals surface area contributed by atoms with Crippen molar-refractivity contribution in [1.82, 2.24) is 0 Å². The highest BCUT2D eigenvalue weighted by Crippen LogP contribution is 2.15. The van der Waals surface area contributed by atoms with Crippen LogP contribution in [0.4, 0.5) is 20.2 Å². The van der Waals surface area contributed by atoms with Gasteiger partial charge in [-0.3, -0.25) is 4.79 Å². The van der Waals surface area contributed by atoms with Crippen molar-refractivity contribution >= 4 is 17.3 Å². The van der Waals surface area contributed by atoms with Crippen molar-refractivity contribution in [3.8, 4) is 0 Å². The second-order valence-electron chi connectivity index (χ2n) is 5.43. The second-order valence-corrected chi connectivity index (χ2v) is 5.43. The Labute approximate surface area is 134 Å². The number of rotatable bonds is 6. The minimum Gasteiger partial charge on any atom is -0.374 e.